The molecule has 1 fully saturated rings. The van der Waals surface area contributed by atoms with Crippen LogP contribution in [0.4, 0.5) is 5.69 Å². The molecule has 16 heavy (non-hydrogen) atoms. The molecular weight excluding hydrogens is 266 g/mol. The normalized spacial score (nSPS) is 15.9. The molecule has 0 amide bonds. The van der Waals surface area contributed by atoms with Crippen LogP contribution in [0.3, 0.4) is 0 Å². The highest BCUT2D eigenvalue weighted by Gasteiger charge is 2.17. The van der Waals surface area contributed by atoms with E-state index in [0.29, 0.717) is 0 Å². The molecule has 1 aliphatic rings. The quantitative estimate of drug-likeness (QED) is 0.851. The molecule has 2 rings (SSSR count). The first-order chi connectivity index (χ1) is 7.66. The summed E-state index contributed by atoms with van der Waals surface area (Å²) in [5.41, 5.74) is 7.69. The van der Waals surface area contributed by atoms with Gasteiger partial charge in [-0.3, -0.25) is 0 Å². The third kappa shape index (κ3) is 2.70. The standard InChI is InChI=1S/C13H18BrNO/c1-9-7-13(11(14)8-12(9)15)16-6-5-10-3-2-4-10/h7-8,10H,2-6,15H2,1H3. The van der Waals surface area contributed by atoms with Crippen molar-refractivity contribution in [2.45, 2.75) is 32.6 Å². The number of benzene rings is 1. The van der Waals surface area contributed by atoms with Crippen LogP contribution in [-0.4, -0.2) is 6.61 Å². The number of hydrogen-bond donors (Lipinski definition) is 1. The van der Waals surface area contributed by atoms with Gasteiger partial charge in [0.15, 0.2) is 0 Å². The van der Waals surface area contributed by atoms with Gasteiger partial charge in [0, 0.05) is 5.69 Å². The van der Waals surface area contributed by atoms with Crippen molar-refractivity contribution in [1.29, 1.82) is 0 Å². The van der Waals surface area contributed by atoms with Crippen molar-refractivity contribution >= 4 is 21.6 Å². The van der Waals surface area contributed by atoms with E-state index >= 15 is 0 Å². The Balaban J connectivity index is 1.90. The third-order valence-electron chi connectivity index (χ3n) is 3.33. The Bertz CT molecular complexity index is 374. The van der Waals surface area contributed by atoms with Crippen molar-refractivity contribution in [3.63, 3.8) is 0 Å². The Morgan fingerprint density at radius 3 is 2.81 bits per heavy atom. The smallest absolute Gasteiger partial charge is 0.133 e. The van der Waals surface area contributed by atoms with Gasteiger partial charge in [-0.25, -0.2) is 0 Å². The summed E-state index contributed by atoms with van der Waals surface area (Å²) in [6, 6.07) is 3.91. The molecular formula is C13H18BrNO. The van der Waals surface area contributed by atoms with E-state index in [4.69, 9.17) is 10.5 Å². The van der Waals surface area contributed by atoms with Crippen LogP contribution in [0.2, 0.25) is 0 Å². The summed E-state index contributed by atoms with van der Waals surface area (Å²) in [6.45, 7) is 2.81. The average Bonchev–Trinajstić information content (AvgIpc) is 2.17. The van der Waals surface area contributed by atoms with E-state index < -0.39 is 0 Å². The van der Waals surface area contributed by atoms with E-state index in [9.17, 15) is 0 Å². The fraction of sp³-hybridized carbons (Fsp3) is 0.538. The van der Waals surface area contributed by atoms with E-state index in [2.05, 4.69) is 15.9 Å². The Kier molecular flexibility index (Phi) is 3.74. The molecule has 2 N–H and O–H groups in total. The van der Waals surface area contributed by atoms with Gasteiger partial charge < -0.3 is 10.5 Å². The lowest BCUT2D eigenvalue weighted by Crippen LogP contribution is -2.14. The zero-order valence-electron chi connectivity index (χ0n) is 9.63. The van der Waals surface area contributed by atoms with Gasteiger partial charge in [-0.15, -0.1) is 0 Å². The van der Waals surface area contributed by atoms with Crippen molar-refractivity contribution in [2.24, 2.45) is 5.92 Å². The largest absolute Gasteiger partial charge is 0.492 e. The number of nitrogen functional groups attached to an aromatic ring is 1. The summed E-state index contributed by atoms with van der Waals surface area (Å²) in [4.78, 5) is 0. The maximum absolute atomic E-state index is 5.81. The lowest BCUT2D eigenvalue weighted by atomic mass is 9.83. The SMILES string of the molecule is Cc1cc(OCCC2CCC2)c(Br)cc1N. The zero-order chi connectivity index (χ0) is 11.5. The van der Waals surface area contributed by atoms with Gasteiger partial charge in [-0.1, -0.05) is 19.3 Å². The topological polar surface area (TPSA) is 35.2 Å². The fourth-order valence-electron chi connectivity index (χ4n) is 1.90. The molecule has 0 saturated heterocycles. The Morgan fingerprint density at radius 2 is 2.19 bits per heavy atom. The highest BCUT2D eigenvalue weighted by Crippen LogP contribution is 2.32. The van der Waals surface area contributed by atoms with Crippen LogP contribution < -0.4 is 10.5 Å². The van der Waals surface area contributed by atoms with Crippen LogP contribution in [0.1, 0.15) is 31.2 Å². The predicted octanol–water partition coefficient (Wildman–Crippen LogP) is 3.91. The molecule has 0 bridgehead atoms. The van der Waals surface area contributed by atoms with Crippen molar-refractivity contribution in [3.8, 4) is 5.75 Å². The molecule has 0 heterocycles. The molecule has 0 atom stereocenters. The average molecular weight is 284 g/mol. The first-order valence-electron chi connectivity index (χ1n) is 5.85. The maximum Gasteiger partial charge on any atom is 0.133 e. The minimum atomic E-state index is 0.804. The molecule has 0 unspecified atom stereocenters. The summed E-state index contributed by atoms with van der Waals surface area (Å²) in [7, 11) is 0. The fourth-order valence-corrected chi connectivity index (χ4v) is 2.37. The van der Waals surface area contributed by atoms with Gasteiger partial charge in [0.05, 0.1) is 11.1 Å². The van der Waals surface area contributed by atoms with Crippen molar-refractivity contribution < 1.29 is 4.74 Å². The van der Waals surface area contributed by atoms with Crippen molar-refractivity contribution in [1.82, 2.24) is 0 Å². The Morgan fingerprint density at radius 1 is 1.44 bits per heavy atom. The molecule has 3 heteroatoms. The third-order valence-corrected chi connectivity index (χ3v) is 3.95. The van der Waals surface area contributed by atoms with E-state index in [1.807, 2.05) is 19.1 Å². The minimum absolute atomic E-state index is 0.804. The van der Waals surface area contributed by atoms with E-state index in [0.717, 1.165) is 34.0 Å². The number of hydrogen-bond acceptors (Lipinski definition) is 2. The van der Waals surface area contributed by atoms with Crippen LogP contribution in [0.15, 0.2) is 16.6 Å². The lowest BCUT2D eigenvalue weighted by Gasteiger charge is -2.25. The number of nitrogens with two attached hydrogens (primary N) is 1. The second-order valence-corrected chi connectivity index (χ2v) is 5.43. The second kappa shape index (κ2) is 5.09. The highest BCUT2D eigenvalue weighted by atomic mass is 79.9. The van der Waals surface area contributed by atoms with Crippen LogP contribution >= 0.6 is 15.9 Å². The lowest BCUT2D eigenvalue weighted by molar-refractivity contribution is 0.221. The van der Waals surface area contributed by atoms with E-state index in [1.54, 1.807) is 0 Å². The minimum Gasteiger partial charge on any atom is -0.492 e. The van der Waals surface area contributed by atoms with Gasteiger partial charge in [0.1, 0.15) is 5.75 Å². The predicted molar refractivity (Wildman–Crippen MR) is 70.7 cm³/mol. The molecule has 2 nitrogen and oxygen atoms in total. The zero-order valence-corrected chi connectivity index (χ0v) is 11.2. The molecule has 1 aromatic rings. The highest BCUT2D eigenvalue weighted by molar-refractivity contribution is 9.10. The summed E-state index contributed by atoms with van der Waals surface area (Å²) < 4.78 is 6.72. The number of aryl methyl sites for hydroxylation is 1. The molecule has 0 spiro atoms. The maximum atomic E-state index is 5.81. The van der Waals surface area contributed by atoms with E-state index in [-0.39, 0.29) is 0 Å². The molecule has 1 aromatic carbocycles. The molecule has 0 aliphatic heterocycles. The van der Waals surface area contributed by atoms with Crippen LogP contribution in [0, 0.1) is 12.8 Å². The van der Waals surface area contributed by atoms with Gasteiger partial charge in [-0.2, -0.15) is 0 Å². The number of halogens is 1. The summed E-state index contributed by atoms with van der Waals surface area (Å²) in [6.07, 6.45) is 5.34. The van der Waals surface area contributed by atoms with Crippen molar-refractivity contribution in [2.75, 3.05) is 12.3 Å². The molecule has 1 aliphatic carbocycles. The first kappa shape index (κ1) is 11.8. The van der Waals surface area contributed by atoms with Gasteiger partial charge in [-0.05, 0) is 52.9 Å². The molecule has 0 aromatic heterocycles. The number of ether oxygens (including phenoxy) is 1. The number of anilines is 1. The number of rotatable bonds is 4. The van der Waals surface area contributed by atoms with Gasteiger partial charge in [0.25, 0.3) is 0 Å². The summed E-state index contributed by atoms with van der Waals surface area (Å²) in [5, 5.41) is 0. The van der Waals surface area contributed by atoms with Crippen LogP contribution in [0.5, 0.6) is 5.75 Å². The first-order valence-corrected chi connectivity index (χ1v) is 6.64. The molecule has 1 saturated carbocycles. The monoisotopic (exact) mass is 283 g/mol. The second-order valence-electron chi connectivity index (χ2n) is 4.57. The Labute approximate surface area is 105 Å². The molecule has 0 radical (unpaired) electrons. The van der Waals surface area contributed by atoms with E-state index in [1.165, 1.54) is 25.7 Å². The molecule has 88 valence electrons. The van der Waals surface area contributed by atoms with Crippen LogP contribution in [0.25, 0.3) is 0 Å². The van der Waals surface area contributed by atoms with Gasteiger partial charge in [0.2, 0.25) is 0 Å². The van der Waals surface area contributed by atoms with Crippen LogP contribution in [-0.2, 0) is 0 Å². The van der Waals surface area contributed by atoms with Crippen molar-refractivity contribution in [3.05, 3.63) is 22.2 Å². The summed E-state index contributed by atoms with van der Waals surface area (Å²) in [5.74, 6) is 1.81. The Hall–Kier alpha value is -0.700. The summed E-state index contributed by atoms with van der Waals surface area (Å²) >= 11 is 3.47. The van der Waals surface area contributed by atoms with Gasteiger partial charge >= 0.3 is 0 Å².